The summed E-state index contributed by atoms with van der Waals surface area (Å²) in [6.07, 6.45) is 1.19. The van der Waals surface area contributed by atoms with Gasteiger partial charge < -0.3 is 20.3 Å². The van der Waals surface area contributed by atoms with E-state index in [0.29, 0.717) is 19.1 Å². The SMILES string of the molecule is CCNC1COCC1C(=O)NCC1CCN(C)C1. The topological polar surface area (TPSA) is 53.6 Å². The van der Waals surface area contributed by atoms with Gasteiger partial charge in [-0.3, -0.25) is 4.79 Å². The van der Waals surface area contributed by atoms with E-state index in [0.717, 1.165) is 26.2 Å². The van der Waals surface area contributed by atoms with E-state index in [4.69, 9.17) is 4.74 Å². The average Bonchev–Trinajstić information content (AvgIpc) is 2.96. The lowest BCUT2D eigenvalue weighted by Crippen LogP contribution is -2.45. The van der Waals surface area contributed by atoms with Gasteiger partial charge in [-0.1, -0.05) is 6.92 Å². The Kier molecular flexibility index (Phi) is 4.97. The second kappa shape index (κ2) is 6.50. The van der Waals surface area contributed by atoms with Crippen molar-refractivity contribution in [1.82, 2.24) is 15.5 Å². The van der Waals surface area contributed by atoms with E-state index in [1.54, 1.807) is 0 Å². The quantitative estimate of drug-likeness (QED) is 0.707. The lowest BCUT2D eigenvalue weighted by molar-refractivity contribution is -0.125. The molecule has 3 atom stereocenters. The predicted molar refractivity (Wildman–Crippen MR) is 70.4 cm³/mol. The van der Waals surface area contributed by atoms with Gasteiger partial charge in [-0.25, -0.2) is 0 Å². The van der Waals surface area contributed by atoms with Gasteiger partial charge in [0.15, 0.2) is 0 Å². The van der Waals surface area contributed by atoms with Crippen molar-refractivity contribution >= 4 is 5.91 Å². The number of hydrogen-bond donors (Lipinski definition) is 2. The zero-order chi connectivity index (χ0) is 13.0. The Morgan fingerprint density at radius 1 is 1.44 bits per heavy atom. The summed E-state index contributed by atoms with van der Waals surface area (Å²) in [4.78, 5) is 14.4. The van der Waals surface area contributed by atoms with Crippen LogP contribution in [0, 0.1) is 11.8 Å². The summed E-state index contributed by atoms with van der Waals surface area (Å²) in [5, 5.41) is 6.41. The van der Waals surface area contributed by atoms with Crippen molar-refractivity contribution in [1.29, 1.82) is 0 Å². The van der Waals surface area contributed by atoms with E-state index in [-0.39, 0.29) is 17.9 Å². The average molecular weight is 255 g/mol. The molecule has 0 radical (unpaired) electrons. The first-order valence-corrected chi connectivity index (χ1v) is 6.98. The van der Waals surface area contributed by atoms with E-state index in [9.17, 15) is 4.79 Å². The Hall–Kier alpha value is -0.650. The molecule has 2 aliphatic rings. The molecule has 5 heteroatoms. The van der Waals surface area contributed by atoms with Gasteiger partial charge in [0, 0.05) is 19.1 Å². The second-order valence-corrected chi connectivity index (χ2v) is 5.47. The number of amides is 1. The molecule has 5 nitrogen and oxygen atoms in total. The van der Waals surface area contributed by atoms with Crippen molar-refractivity contribution in [2.24, 2.45) is 11.8 Å². The van der Waals surface area contributed by atoms with Crippen molar-refractivity contribution in [2.45, 2.75) is 19.4 Å². The Labute approximate surface area is 109 Å². The van der Waals surface area contributed by atoms with Gasteiger partial charge in [0.05, 0.1) is 19.1 Å². The van der Waals surface area contributed by atoms with Gasteiger partial charge in [-0.15, -0.1) is 0 Å². The summed E-state index contributed by atoms with van der Waals surface area (Å²) in [5.74, 6) is 0.732. The van der Waals surface area contributed by atoms with Gasteiger partial charge in [0.1, 0.15) is 0 Å². The number of carbonyl (C=O) groups is 1. The lowest BCUT2D eigenvalue weighted by atomic mass is 10.0. The van der Waals surface area contributed by atoms with Crippen LogP contribution in [0.2, 0.25) is 0 Å². The van der Waals surface area contributed by atoms with E-state index in [2.05, 4.69) is 29.5 Å². The number of hydrogen-bond acceptors (Lipinski definition) is 4. The number of likely N-dealkylation sites (N-methyl/N-ethyl adjacent to an activating group) is 1. The largest absolute Gasteiger partial charge is 0.379 e. The monoisotopic (exact) mass is 255 g/mol. The molecule has 2 fully saturated rings. The van der Waals surface area contributed by atoms with Gasteiger partial charge in [-0.2, -0.15) is 0 Å². The minimum absolute atomic E-state index is 0.0240. The standard InChI is InChI=1S/C13H25N3O2/c1-3-14-12-9-18-8-11(12)13(17)15-6-10-4-5-16(2)7-10/h10-12,14H,3-9H2,1-2H3,(H,15,17). The Balaban J connectivity index is 1.73. The zero-order valence-corrected chi connectivity index (χ0v) is 11.4. The first kappa shape index (κ1) is 13.8. The molecule has 2 rings (SSSR count). The van der Waals surface area contributed by atoms with Crippen molar-refractivity contribution in [2.75, 3.05) is 46.4 Å². The van der Waals surface area contributed by atoms with Crippen LogP contribution in [-0.4, -0.2) is 63.3 Å². The maximum Gasteiger partial charge on any atom is 0.227 e. The smallest absolute Gasteiger partial charge is 0.227 e. The summed E-state index contributed by atoms with van der Waals surface area (Å²) in [6, 6.07) is 0.182. The molecule has 18 heavy (non-hydrogen) atoms. The van der Waals surface area contributed by atoms with Gasteiger partial charge in [-0.05, 0) is 32.5 Å². The maximum absolute atomic E-state index is 12.1. The zero-order valence-electron chi connectivity index (χ0n) is 11.4. The van der Waals surface area contributed by atoms with Crippen molar-refractivity contribution in [3.63, 3.8) is 0 Å². The van der Waals surface area contributed by atoms with Crippen molar-refractivity contribution in [3.8, 4) is 0 Å². The number of nitrogens with zero attached hydrogens (tertiary/aromatic N) is 1. The highest BCUT2D eigenvalue weighted by Gasteiger charge is 2.33. The summed E-state index contributed by atoms with van der Waals surface area (Å²) in [5.41, 5.74) is 0. The summed E-state index contributed by atoms with van der Waals surface area (Å²) in [6.45, 7) is 7.18. The normalized spacial score (nSPS) is 32.9. The molecular formula is C13H25N3O2. The molecule has 2 aliphatic heterocycles. The fraction of sp³-hybridized carbons (Fsp3) is 0.923. The number of likely N-dealkylation sites (tertiary alicyclic amines) is 1. The molecular weight excluding hydrogens is 230 g/mol. The number of nitrogens with one attached hydrogen (secondary N) is 2. The van der Waals surface area contributed by atoms with Crippen LogP contribution in [0.3, 0.4) is 0 Å². The van der Waals surface area contributed by atoms with Gasteiger partial charge >= 0.3 is 0 Å². The molecule has 3 unspecified atom stereocenters. The van der Waals surface area contributed by atoms with Crippen LogP contribution >= 0.6 is 0 Å². The fourth-order valence-electron chi connectivity index (χ4n) is 2.85. The highest BCUT2D eigenvalue weighted by molar-refractivity contribution is 5.79. The number of carbonyl (C=O) groups excluding carboxylic acids is 1. The molecule has 0 spiro atoms. The van der Waals surface area contributed by atoms with E-state index in [1.807, 2.05) is 0 Å². The molecule has 1 amide bonds. The Bertz CT molecular complexity index is 285. The highest BCUT2D eigenvalue weighted by atomic mass is 16.5. The summed E-state index contributed by atoms with van der Waals surface area (Å²) < 4.78 is 5.40. The molecule has 2 saturated heterocycles. The van der Waals surface area contributed by atoms with Gasteiger partial charge in [0.2, 0.25) is 5.91 Å². The van der Waals surface area contributed by atoms with Crippen LogP contribution in [0.1, 0.15) is 13.3 Å². The highest BCUT2D eigenvalue weighted by Crippen LogP contribution is 2.16. The van der Waals surface area contributed by atoms with E-state index in [1.165, 1.54) is 6.42 Å². The molecule has 2 heterocycles. The molecule has 0 saturated carbocycles. The lowest BCUT2D eigenvalue weighted by Gasteiger charge is -2.19. The minimum Gasteiger partial charge on any atom is -0.379 e. The van der Waals surface area contributed by atoms with Crippen LogP contribution < -0.4 is 10.6 Å². The third-order valence-corrected chi connectivity index (χ3v) is 3.94. The minimum atomic E-state index is -0.0240. The molecule has 0 aromatic carbocycles. The molecule has 104 valence electrons. The van der Waals surface area contributed by atoms with E-state index < -0.39 is 0 Å². The second-order valence-electron chi connectivity index (χ2n) is 5.47. The van der Waals surface area contributed by atoms with E-state index >= 15 is 0 Å². The third kappa shape index (κ3) is 3.43. The Morgan fingerprint density at radius 2 is 2.28 bits per heavy atom. The Morgan fingerprint density at radius 3 is 2.94 bits per heavy atom. The van der Waals surface area contributed by atoms with Crippen LogP contribution in [0.15, 0.2) is 0 Å². The first-order valence-electron chi connectivity index (χ1n) is 6.98. The maximum atomic E-state index is 12.1. The summed E-state index contributed by atoms with van der Waals surface area (Å²) >= 11 is 0. The molecule has 0 aromatic rings. The van der Waals surface area contributed by atoms with Gasteiger partial charge in [0.25, 0.3) is 0 Å². The molecule has 2 N–H and O–H groups in total. The van der Waals surface area contributed by atoms with Crippen LogP contribution in [-0.2, 0) is 9.53 Å². The third-order valence-electron chi connectivity index (χ3n) is 3.94. The first-order chi connectivity index (χ1) is 8.70. The van der Waals surface area contributed by atoms with Crippen LogP contribution in [0.5, 0.6) is 0 Å². The summed E-state index contributed by atoms with van der Waals surface area (Å²) in [7, 11) is 2.13. The predicted octanol–water partition coefficient (Wildman–Crippen LogP) is -0.321. The van der Waals surface area contributed by atoms with Crippen LogP contribution in [0.25, 0.3) is 0 Å². The number of ether oxygens (including phenoxy) is 1. The van der Waals surface area contributed by atoms with Crippen molar-refractivity contribution < 1.29 is 9.53 Å². The molecule has 0 aromatic heterocycles. The van der Waals surface area contributed by atoms with Crippen LogP contribution in [0.4, 0.5) is 0 Å². The number of rotatable bonds is 5. The fourth-order valence-corrected chi connectivity index (χ4v) is 2.85. The molecule has 0 bridgehead atoms. The molecule has 0 aliphatic carbocycles. The van der Waals surface area contributed by atoms with Crippen molar-refractivity contribution in [3.05, 3.63) is 0 Å².